The molecule has 0 spiro atoms. The SMILES string of the molecule is O=C([O-])c1ccc2c(Br)cn(Cc3ccccn3)c2n1.[Li+]. The number of carboxylic acid groups (broad SMARTS) is 1. The van der Waals surface area contributed by atoms with E-state index in [9.17, 15) is 9.90 Å². The summed E-state index contributed by atoms with van der Waals surface area (Å²) in [6.45, 7) is 0.520. The number of hydrogen-bond donors (Lipinski definition) is 0. The van der Waals surface area contributed by atoms with E-state index in [1.807, 2.05) is 29.0 Å². The van der Waals surface area contributed by atoms with E-state index in [1.54, 1.807) is 12.3 Å². The first kappa shape index (κ1) is 15.8. The second kappa shape index (κ2) is 6.44. The first-order valence-electron chi connectivity index (χ1n) is 5.92. The maximum Gasteiger partial charge on any atom is 1.00 e. The van der Waals surface area contributed by atoms with Crippen LogP contribution in [0.4, 0.5) is 0 Å². The minimum absolute atomic E-state index is 0. The maximum atomic E-state index is 10.9. The number of halogens is 1. The fourth-order valence-corrected chi connectivity index (χ4v) is 2.58. The van der Waals surface area contributed by atoms with E-state index < -0.39 is 5.97 Å². The van der Waals surface area contributed by atoms with E-state index in [0.717, 1.165) is 15.6 Å². The van der Waals surface area contributed by atoms with E-state index in [0.29, 0.717) is 12.2 Å². The van der Waals surface area contributed by atoms with Crippen molar-refractivity contribution in [2.24, 2.45) is 0 Å². The monoisotopic (exact) mass is 337 g/mol. The van der Waals surface area contributed by atoms with Crippen molar-refractivity contribution in [1.29, 1.82) is 0 Å². The number of carboxylic acids is 1. The third-order valence-corrected chi connectivity index (χ3v) is 3.57. The standard InChI is InChI=1S/C14H10BrN3O2.Li/c15-11-8-18(7-9-3-1-2-6-16-9)13-10(11)4-5-12(17-13)14(19)20;/h1-6,8H,7H2,(H,19,20);/q;+1/p-1. The van der Waals surface area contributed by atoms with Crippen molar-refractivity contribution in [3.63, 3.8) is 0 Å². The van der Waals surface area contributed by atoms with E-state index in [1.165, 1.54) is 6.07 Å². The van der Waals surface area contributed by atoms with Crippen LogP contribution in [-0.2, 0) is 6.54 Å². The van der Waals surface area contributed by atoms with Crippen molar-refractivity contribution in [1.82, 2.24) is 14.5 Å². The zero-order chi connectivity index (χ0) is 14.1. The number of rotatable bonds is 3. The van der Waals surface area contributed by atoms with Crippen LogP contribution in [-0.4, -0.2) is 20.5 Å². The predicted octanol–water partition coefficient (Wildman–Crippen LogP) is -1.39. The average molecular weight is 338 g/mol. The number of carbonyl (C=O) groups excluding carboxylic acids is 1. The molecular weight excluding hydrogens is 329 g/mol. The molecule has 0 bridgehead atoms. The van der Waals surface area contributed by atoms with Gasteiger partial charge in [0.2, 0.25) is 0 Å². The smallest absolute Gasteiger partial charge is 0.543 e. The van der Waals surface area contributed by atoms with Gasteiger partial charge in [-0.15, -0.1) is 0 Å². The Morgan fingerprint density at radius 3 is 2.76 bits per heavy atom. The van der Waals surface area contributed by atoms with Gasteiger partial charge in [-0.3, -0.25) is 4.98 Å². The van der Waals surface area contributed by atoms with Crippen LogP contribution in [0.15, 0.2) is 47.2 Å². The third kappa shape index (κ3) is 3.18. The summed E-state index contributed by atoms with van der Waals surface area (Å²) in [6, 6.07) is 8.81. The van der Waals surface area contributed by atoms with Gasteiger partial charge >= 0.3 is 18.9 Å². The molecule has 0 aromatic carbocycles. The van der Waals surface area contributed by atoms with Gasteiger partial charge in [-0.25, -0.2) is 4.98 Å². The number of aromatic nitrogens is 3. The molecule has 7 heteroatoms. The fourth-order valence-electron chi connectivity index (χ4n) is 2.02. The van der Waals surface area contributed by atoms with Gasteiger partial charge in [-0.05, 0) is 40.2 Å². The van der Waals surface area contributed by atoms with Crippen LogP contribution < -0.4 is 24.0 Å². The molecule has 3 rings (SSSR count). The minimum atomic E-state index is -1.28. The Morgan fingerprint density at radius 2 is 2.10 bits per heavy atom. The molecule has 0 radical (unpaired) electrons. The number of hydrogen-bond acceptors (Lipinski definition) is 4. The molecule has 21 heavy (non-hydrogen) atoms. The Hall–Kier alpha value is -1.61. The number of nitrogens with zero attached hydrogens (tertiary/aromatic N) is 3. The van der Waals surface area contributed by atoms with E-state index >= 15 is 0 Å². The van der Waals surface area contributed by atoms with Crippen molar-refractivity contribution in [3.05, 3.63) is 58.6 Å². The molecule has 0 saturated carbocycles. The minimum Gasteiger partial charge on any atom is -0.543 e. The van der Waals surface area contributed by atoms with Crippen molar-refractivity contribution in [2.45, 2.75) is 6.54 Å². The van der Waals surface area contributed by atoms with Gasteiger partial charge in [0.25, 0.3) is 0 Å². The Morgan fingerprint density at radius 1 is 1.29 bits per heavy atom. The number of fused-ring (bicyclic) bond motifs is 1. The van der Waals surface area contributed by atoms with Gasteiger partial charge < -0.3 is 14.5 Å². The van der Waals surface area contributed by atoms with Gasteiger partial charge in [0.05, 0.1) is 23.9 Å². The van der Waals surface area contributed by atoms with Crippen LogP contribution in [0, 0.1) is 0 Å². The molecule has 5 nitrogen and oxygen atoms in total. The van der Waals surface area contributed by atoms with Crippen molar-refractivity contribution >= 4 is 32.9 Å². The summed E-state index contributed by atoms with van der Waals surface area (Å²) in [7, 11) is 0. The van der Waals surface area contributed by atoms with Gasteiger partial charge in [-0.2, -0.15) is 0 Å². The van der Waals surface area contributed by atoms with Crippen molar-refractivity contribution in [2.75, 3.05) is 0 Å². The number of carbonyl (C=O) groups is 1. The molecule has 0 aliphatic heterocycles. The van der Waals surface area contributed by atoms with Crippen LogP contribution in [0.3, 0.4) is 0 Å². The summed E-state index contributed by atoms with van der Waals surface area (Å²) in [4.78, 5) is 19.3. The summed E-state index contributed by atoms with van der Waals surface area (Å²) in [6.07, 6.45) is 3.58. The molecule has 3 aromatic rings. The largest absolute Gasteiger partial charge is 1.00 e. The van der Waals surface area contributed by atoms with Crippen molar-refractivity contribution in [3.8, 4) is 0 Å². The van der Waals surface area contributed by atoms with Crippen molar-refractivity contribution < 1.29 is 28.8 Å². The summed E-state index contributed by atoms with van der Waals surface area (Å²) in [5, 5.41) is 11.8. The first-order valence-corrected chi connectivity index (χ1v) is 6.71. The normalized spacial score (nSPS) is 10.3. The van der Waals surface area contributed by atoms with E-state index in [-0.39, 0.29) is 24.6 Å². The van der Waals surface area contributed by atoms with Crippen LogP contribution in [0.5, 0.6) is 0 Å². The zero-order valence-corrected chi connectivity index (χ0v) is 12.9. The number of aromatic carboxylic acids is 1. The second-order valence-corrected chi connectivity index (χ2v) is 5.14. The Labute approximate surface area is 141 Å². The van der Waals surface area contributed by atoms with Gasteiger partial charge in [0, 0.05) is 22.3 Å². The average Bonchev–Trinajstić information content (AvgIpc) is 2.76. The van der Waals surface area contributed by atoms with Crippen LogP contribution in [0.25, 0.3) is 11.0 Å². The van der Waals surface area contributed by atoms with Crippen LogP contribution in [0.2, 0.25) is 0 Å². The Bertz CT molecular complexity index is 790. The molecule has 0 saturated heterocycles. The topological polar surface area (TPSA) is 70.8 Å². The summed E-state index contributed by atoms with van der Waals surface area (Å²) in [5.41, 5.74) is 1.38. The van der Waals surface area contributed by atoms with Gasteiger partial charge in [-0.1, -0.05) is 6.07 Å². The zero-order valence-electron chi connectivity index (χ0n) is 11.3. The molecule has 3 heterocycles. The molecule has 0 aliphatic rings. The molecule has 0 atom stereocenters. The summed E-state index contributed by atoms with van der Waals surface area (Å²) < 4.78 is 2.72. The molecule has 3 aromatic heterocycles. The molecular formula is C14H9BrLiN3O2. The molecule has 100 valence electrons. The molecule has 0 N–H and O–H groups in total. The van der Waals surface area contributed by atoms with Gasteiger partial charge in [0.15, 0.2) is 0 Å². The summed E-state index contributed by atoms with van der Waals surface area (Å²) in [5.74, 6) is -1.28. The Kier molecular flexibility index (Phi) is 4.83. The molecule has 0 fully saturated rings. The van der Waals surface area contributed by atoms with Gasteiger partial charge in [0.1, 0.15) is 5.65 Å². The Balaban J connectivity index is 0.00000161. The quantitative estimate of drug-likeness (QED) is 0.552. The third-order valence-electron chi connectivity index (χ3n) is 2.94. The maximum absolute atomic E-state index is 10.9. The van der Waals surface area contributed by atoms with E-state index in [4.69, 9.17) is 0 Å². The van der Waals surface area contributed by atoms with Crippen LogP contribution >= 0.6 is 15.9 Å². The predicted molar refractivity (Wildman–Crippen MR) is 75.1 cm³/mol. The second-order valence-electron chi connectivity index (χ2n) is 4.28. The first-order chi connectivity index (χ1) is 9.65. The molecule has 0 unspecified atom stereocenters. The molecule has 0 amide bonds. The van der Waals surface area contributed by atoms with E-state index in [2.05, 4.69) is 25.9 Å². The number of pyridine rings is 2. The van der Waals surface area contributed by atoms with Crippen LogP contribution in [0.1, 0.15) is 16.2 Å². The summed E-state index contributed by atoms with van der Waals surface area (Å²) >= 11 is 3.45. The molecule has 0 aliphatic carbocycles. The fraction of sp³-hybridized carbons (Fsp3) is 0.0714.